The highest BCUT2D eigenvalue weighted by Gasteiger charge is 2.11. The van der Waals surface area contributed by atoms with Gasteiger partial charge < -0.3 is 14.4 Å². The molecule has 0 rings (SSSR count). The second-order valence-electron chi connectivity index (χ2n) is 3.12. The number of hydrogen-bond donors (Lipinski definition) is 0. The van der Waals surface area contributed by atoms with Crippen molar-refractivity contribution in [3.63, 3.8) is 0 Å². The van der Waals surface area contributed by atoms with Gasteiger partial charge in [-0.1, -0.05) is 6.92 Å². The van der Waals surface area contributed by atoms with E-state index >= 15 is 0 Å². The Morgan fingerprint density at radius 3 is 2.60 bits per heavy atom. The van der Waals surface area contributed by atoms with Crippen molar-refractivity contribution in [3.8, 4) is 0 Å². The molecule has 0 aromatic rings. The number of carbonyl (C=O) groups is 1. The number of halogens is 1. The van der Waals surface area contributed by atoms with Crippen molar-refractivity contribution < 1.29 is 14.3 Å². The normalized spacial score (nSPS) is 10.3. The second-order valence-corrected chi connectivity index (χ2v) is 3.49. The molecule has 0 radical (unpaired) electrons. The van der Waals surface area contributed by atoms with Crippen LogP contribution in [0.25, 0.3) is 0 Å². The van der Waals surface area contributed by atoms with Gasteiger partial charge in [-0.25, -0.2) is 0 Å². The molecule has 0 bridgehead atoms. The summed E-state index contributed by atoms with van der Waals surface area (Å²) < 4.78 is 9.96. The van der Waals surface area contributed by atoms with Crippen molar-refractivity contribution in [2.24, 2.45) is 0 Å². The standard InChI is InChI=1S/C10H20ClNO3/c1-3-5-12(6-4-11)10(13)9-15-8-7-14-2/h3-9H2,1-2H3. The van der Waals surface area contributed by atoms with Crippen LogP contribution in [0.2, 0.25) is 0 Å². The van der Waals surface area contributed by atoms with Gasteiger partial charge in [0.2, 0.25) is 5.91 Å². The number of methoxy groups -OCH3 is 1. The zero-order chi connectivity index (χ0) is 11.5. The number of ether oxygens (including phenoxy) is 2. The highest BCUT2D eigenvalue weighted by molar-refractivity contribution is 6.18. The molecule has 0 spiro atoms. The number of nitrogens with zero attached hydrogens (tertiary/aromatic N) is 1. The van der Waals surface area contributed by atoms with Gasteiger partial charge in [-0.3, -0.25) is 4.79 Å². The van der Waals surface area contributed by atoms with Gasteiger partial charge >= 0.3 is 0 Å². The molecule has 5 heteroatoms. The van der Waals surface area contributed by atoms with Crippen LogP contribution >= 0.6 is 11.6 Å². The highest BCUT2D eigenvalue weighted by atomic mass is 35.5. The fourth-order valence-electron chi connectivity index (χ4n) is 1.13. The molecule has 0 N–H and O–H groups in total. The van der Waals surface area contributed by atoms with Crippen molar-refractivity contribution in [3.05, 3.63) is 0 Å². The van der Waals surface area contributed by atoms with Gasteiger partial charge in [0.1, 0.15) is 6.61 Å². The summed E-state index contributed by atoms with van der Waals surface area (Å²) in [6.45, 7) is 4.42. The first-order valence-electron chi connectivity index (χ1n) is 5.16. The maximum Gasteiger partial charge on any atom is 0.248 e. The average Bonchev–Trinajstić information content (AvgIpc) is 2.24. The van der Waals surface area contributed by atoms with Crippen molar-refractivity contribution in [2.45, 2.75) is 13.3 Å². The third-order valence-electron chi connectivity index (χ3n) is 1.86. The summed E-state index contributed by atoms with van der Waals surface area (Å²) in [4.78, 5) is 13.3. The summed E-state index contributed by atoms with van der Waals surface area (Å²) in [5.41, 5.74) is 0. The van der Waals surface area contributed by atoms with Gasteiger partial charge in [-0.05, 0) is 6.42 Å². The fraction of sp³-hybridized carbons (Fsp3) is 0.900. The van der Waals surface area contributed by atoms with Crippen LogP contribution in [-0.2, 0) is 14.3 Å². The SMILES string of the molecule is CCCN(CCCl)C(=O)COCCOC. The smallest absolute Gasteiger partial charge is 0.248 e. The van der Waals surface area contributed by atoms with E-state index in [1.807, 2.05) is 6.92 Å². The quantitative estimate of drug-likeness (QED) is 0.446. The van der Waals surface area contributed by atoms with E-state index in [0.29, 0.717) is 25.6 Å². The molecular weight excluding hydrogens is 218 g/mol. The molecule has 15 heavy (non-hydrogen) atoms. The van der Waals surface area contributed by atoms with Gasteiger partial charge in [-0.2, -0.15) is 0 Å². The van der Waals surface area contributed by atoms with Crippen LogP contribution in [0.5, 0.6) is 0 Å². The summed E-state index contributed by atoms with van der Waals surface area (Å²) in [5.74, 6) is 0.456. The molecule has 0 saturated carbocycles. The third-order valence-corrected chi connectivity index (χ3v) is 2.03. The summed E-state index contributed by atoms with van der Waals surface area (Å²) >= 11 is 5.61. The predicted octanol–water partition coefficient (Wildman–Crippen LogP) is 1.13. The van der Waals surface area contributed by atoms with E-state index in [9.17, 15) is 4.79 Å². The van der Waals surface area contributed by atoms with Crippen molar-refractivity contribution in [2.75, 3.05) is 45.9 Å². The number of hydrogen-bond acceptors (Lipinski definition) is 3. The summed E-state index contributed by atoms with van der Waals surface area (Å²) in [6, 6.07) is 0. The average molecular weight is 238 g/mol. The van der Waals surface area contributed by atoms with Crippen LogP contribution in [0.1, 0.15) is 13.3 Å². The fourth-order valence-corrected chi connectivity index (χ4v) is 1.33. The van der Waals surface area contributed by atoms with E-state index in [0.717, 1.165) is 13.0 Å². The molecule has 0 saturated heterocycles. The zero-order valence-corrected chi connectivity index (χ0v) is 10.3. The molecule has 0 heterocycles. The van der Waals surface area contributed by atoms with E-state index in [2.05, 4.69) is 0 Å². The number of rotatable bonds is 9. The second kappa shape index (κ2) is 10.2. The zero-order valence-electron chi connectivity index (χ0n) is 9.50. The number of carbonyl (C=O) groups excluding carboxylic acids is 1. The summed E-state index contributed by atoms with van der Waals surface area (Å²) in [5, 5.41) is 0. The lowest BCUT2D eigenvalue weighted by atomic mass is 10.4. The van der Waals surface area contributed by atoms with E-state index < -0.39 is 0 Å². The number of alkyl halides is 1. The highest BCUT2D eigenvalue weighted by Crippen LogP contribution is 1.95. The van der Waals surface area contributed by atoms with E-state index in [4.69, 9.17) is 21.1 Å². The van der Waals surface area contributed by atoms with Gasteiger partial charge in [-0.15, -0.1) is 11.6 Å². The lowest BCUT2D eigenvalue weighted by molar-refractivity contribution is -0.136. The Bertz CT molecular complexity index is 161. The Hall–Kier alpha value is -0.320. The maximum absolute atomic E-state index is 11.6. The molecule has 0 aliphatic carbocycles. The molecule has 0 unspecified atom stereocenters. The molecule has 1 amide bonds. The molecule has 4 nitrogen and oxygen atoms in total. The van der Waals surface area contributed by atoms with Crippen LogP contribution in [0, 0.1) is 0 Å². The van der Waals surface area contributed by atoms with Crippen molar-refractivity contribution in [1.82, 2.24) is 4.90 Å². The minimum Gasteiger partial charge on any atom is -0.382 e. The predicted molar refractivity (Wildman–Crippen MR) is 60.3 cm³/mol. The van der Waals surface area contributed by atoms with Gasteiger partial charge in [0, 0.05) is 26.1 Å². The third kappa shape index (κ3) is 7.59. The molecule has 0 aliphatic rings. The Morgan fingerprint density at radius 1 is 1.33 bits per heavy atom. The lowest BCUT2D eigenvalue weighted by Crippen LogP contribution is -2.36. The van der Waals surface area contributed by atoms with Crippen LogP contribution in [0.15, 0.2) is 0 Å². The minimum absolute atomic E-state index is 0.00592. The monoisotopic (exact) mass is 237 g/mol. The molecule has 0 atom stereocenters. The van der Waals surface area contributed by atoms with Crippen molar-refractivity contribution in [1.29, 1.82) is 0 Å². The van der Waals surface area contributed by atoms with Gasteiger partial charge in [0.05, 0.1) is 13.2 Å². The molecule has 0 aromatic carbocycles. The Morgan fingerprint density at radius 2 is 2.07 bits per heavy atom. The lowest BCUT2D eigenvalue weighted by Gasteiger charge is -2.20. The number of amides is 1. The topological polar surface area (TPSA) is 38.8 Å². The van der Waals surface area contributed by atoms with Crippen LogP contribution in [0.4, 0.5) is 0 Å². The first kappa shape index (κ1) is 14.7. The molecule has 0 aromatic heterocycles. The Balaban J connectivity index is 3.70. The maximum atomic E-state index is 11.6. The molecule has 90 valence electrons. The first-order valence-corrected chi connectivity index (χ1v) is 5.70. The van der Waals surface area contributed by atoms with Crippen LogP contribution < -0.4 is 0 Å². The summed E-state index contributed by atoms with van der Waals surface area (Å²) in [7, 11) is 1.60. The largest absolute Gasteiger partial charge is 0.382 e. The van der Waals surface area contributed by atoms with Crippen LogP contribution in [0.3, 0.4) is 0 Å². The van der Waals surface area contributed by atoms with Gasteiger partial charge in [0.25, 0.3) is 0 Å². The Labute approximate surface area is 96.5 Å². The Kier molecular flexibility index (Phi) is 9.99. The minimum atomic E-state index is -0.00592. The van der Waals surface area contributed by atoms with Gasteiger partial charge in [0.15, 0.2) is 0 Å². The first-order chi connectivity index (χ1) is 7.26. The van der Waals surface area contributed by atoms with Crippen molar-refractivity contribution >= 4 is 17.5 Å². The molecule has 0 fully saturated rings. The van der Waals surface area contributed by atoms with E-state index in [-0.39, 0.29) is 12.5 Å². The molecular formula is C10H20ClNO3. The summed E-state index contributed by atoms with van der Waals surface area (Å²) in [6.07, 6.45) is 0.931. The van der Waals surface area contributed by atoms with Crippen LogP contribution in [-0.4, -0.2) is 56.7 Å². The molecule has 0 aliphatic heterocycles. The van der Waals surface area contributed by atoms with E-state index in [1.165, 1.54) is 0 Å². The van der Waals surface area contributed by atoms with E-state index in [1.54, 1.807) is 12.0 Å².